The highest BCUT2D eigenvalue weighted by Gasteiger charge is 2.41. The fourth-order valence-corrected chi connectivity index (χ4v) is 3.19. The second-order valence-corrected chi connectivity index (χ2v) is 6.46. The summed E-state index contributed by atoms with van der Waals surface area (Å²) in [4.78, 5) is 27.8. The first-order chi connectivity index (χ1) is 11.4. The van der Waals surface area contributed by atoms with Gasteiger partial charge in [0.2, 0.25) is 5.78 Å². The number of methoxy groups -OCH3 is 2. The van der Waals surface area contributed by atoms with Gasteiger partial charge in [0.05, 0.1) is 17.8 Å². The summed E-state index contributed by atoms with van der Waals surface area (Å²) in [6.45, 7) is 4.34. The molecule has 0 saturated carbocycles. The lowest BCUT2D eigenvalue weighted by molar-refractivity contribution is -0.118. The van der Waals surface area contributed by atoms with Crippen LogP contribution >= 0.6 is 0 Å². The van der Waals surface area contributed by atoms with Crippen molar-refractivity contribution in [1.29, 1.82) is 0 Å². The van der Waals surface area contributed by atoms with Crippen LogP contribution in [-0.4, -0.2) is 49.1 Å². The van der Waals surface area contributed by atoms with Gasteiger partial charge in [-0.1, -0.05) is 36.4 Å². The average Bonchev–Trinajstić information content (AvgIpc) is 2.58. The first-order valence-corrected chi connectivity index (χ1v) is 7.86. The maximum atomic E-state index is 13.1. The summed E-state index contributed by atoms with van der Waals surface area (Å²) in [7, 11) is 3.11. The third kappa shape index (κ3) is 2.50. The number of carbonyl (C=O) groups is 2. The Balaban J connectivity index is 2.12. The van der Waals surface area contributed by atoms with E-state index >= 15 is 0 Å². The maximum absolute atomic E-state index is 13.1. The molecule has 0 atom stereocenters. The molecule has 0 radical (unpaired) electrons. The number of rotatable bonds is 4. The van der Waals surface area contributed by atoms with Crippen LogP contribution in [0.25, 0.3) is 0 Å². The van der Waals surface area contributed by atoms with Crippen LogP contribution in [0.2, 0.25) is 0 Å². The number of benzene rings is 1. The molecule has 0 N–H and O–H groups in total. The topological polar surface area (TPSA) is 55.8 Å². The molecule has 0 spiro atoms. The van der Waals surface area contributed by atoms with Crippen LogP contribution in [0, 0.1) is 0 Å². The number of Topliss-reactive ketones (excluding diaryl/α,β-unsaturated/α-hetero) is 2. The molecule has 2 aliphatic rings. The van der Waals surface area contributed by atoms with Gasteiger partial charge < -0.3 is 14.4 Å². The van der Waals surface area contributed by atoms with Crippen LogP contribution < -0.4 is 0 Å². The molecule has 0 amide bonds. The Morgan fingerprint density at radius 2 is 1.62 bits per heavy atom. The van der Waals surface area contributed by atoms with Crippen molar-refractivity contribution >= 4 is 11.6 Å². The number of hydrogen-bond donors (Lipinski definition) is 0. The number of allylic oxidation sites excluding steroid dienone is 3. The monoisotopic (exact) mass is 327 g/mol. The minimum Gasteiger partial charge on any atom is -0.354 e. The Bertz CT molecular complexity index is 756. The summed E-state index contributed by atoms with van der Waals surface area (Å²) in [6.07, 6.45) is 3.20. The molecule has 0 bridgehead atoms. The van der Waals surface area contributed by atoms with E-state index in [0.717, 1.165) is 0 Å². The number of ketones is 2. The Morgan fingerprint density at radius 3 is 2.21 bits per heavy atom. The normalized spacial score (nSPS) is 19.0. The molecule has 0 fully saturated rings. The molecule has 24 heavy (non-hydrogen) atoms. The highest BCUT2D eigenvalue weighted by Crippen LogP contribution is 2.37. The van der Waals surface area contributed by atoms with E-state index < -0.39 is 11.8 Å². The third-order valence-electron chi connectivity index (χ3n) is 4.61. The van der Waals surface area contributed by atoms with Crippen molar-refractivity contribution in [3.63, 3.8) is 0 Å². The lowest BCUT2D eigenvalue weighted by atomic mass is 9.81. The molecular formula is C19H21NO4. The van der Waals surface area contributed by atoms with E-state index in [9.17, 15) is 9.59 Å². The molecule has 1 heterocycles. The summed E-state index contributed by atoms with van der Waals surface area (Å²) in [5.41, 5.74) is 1.33. The third-order valence-corrected chi connectivity index (χ3v) is 4.61. The zero-order chi connectivity index (χ0) is 17.5. The molecule has 5 heteroatoms. The fraction of sp³-hybridized carbons (Fsp3) is 0.368. The fourth-order valence-electron chi connectivity index (χ4n) is 3.19. The lowest BCUT2D eigenvalue weighted by Gasteiger charge is -2.44. The molecule has 1 aromatic carbocycles. The van der Waals surface area contributed by atoms with Crippen molar-refractivity contribution in [2.75, 3.05) is 20.8 Å². The molecule has 0 aromatic heterocycles. The number of carbonyl (C=O) groups excluding carboxylic acids is 2. The second-order valence-electron chi connectivity index (χ2n) is 6.46. The molecule has 5 nitrogen and oxygen atoms in total. The van der Waals surface area contributed by atoms with E-state index in [-0.39, 0.29) is 11.6 Å². The van der Waals surface area contributed by atoms with E-state index in [0.29, 0.717) is 28.9 Å². The summed E-state index contributed by atoms with van der Waals surface area (Å²) < 4.78 is 10.6. The molecule has 1 aliphatic heterocycles. The predicted molar refractivity (Wildman–Crippen MR) is 89.9 cm³/mol. The average molecular weight is 327 g/mol. The van der Waals surface area contributed by atoms with Crippen LogP contribution in [0.5, 0.6) is 0 Å². The summed E-state index contributed by atoms with van der Waals surface area (Å²) in [5, 5.41) is 0. The first kappa shape index (κ1) is 16.6. The minimum atomic E-state index is -0.496. The van der Waals surface area contributed by atoms with Crippen LogP contribution in [0.1, 0.15) is 34.6 Å². The van der Waals surface area contributed by atoms with Gasteiger partial charge in [0, 0.05) is 30.9 Å². The van der Waals surface area contributed by atoms with Crippen LogP contribution in [0.4, 0.5) is 0 Å². The Kier molecular flexibility index (Phi) is 4.15. The molecule has 126 valence electrons. The van der Waals surface area contributed by atoms with E-state index in [1.807, 2.05) is 24.8 Å². The van der Waals surface area contributed by atoms with Crippen LogP contribution in [-0.2, 0) is 9.47 Å². The summed E-state index contributed by atoms with van der Waals surface area (Å²) in [6, 6.07) is 6.95. The Hall–Kier alpha value is -2.24. The largest absolute Gasteiger partial charge is 0.354 e. The predicted octanol–water partition coefficient (Wildman–Crippen LogP) is 2.59. The van der Waals surface area contributed by atoms with Gasteiger partial charge in [0.15, 0.2) is 12.1 Å². The zero-order valence-corrected chi connectivity index (χ0v) is 14.3. The van der Waals surface area contributed by atoms with Gasteiger partial charge in [0.1, 0.15) is 0 Å². The summed E-state index contributed by atoms with van der Waals surface area (Å²) >= 11 is 0. The lowest BCUT2D eigenvalue weighted by Crippen LogP contribution is -2.51. The minimum absolute atomic E-state index is 0.122. The smallest absolute Gasteiger partial charge is 0.210 e. The maximum Gasteiger partial charge on any atom is 0.210 e. The number of ether oxygens (including phenoxy) is 2. The van der Waals surface area contributed by atoms with Gasteiger partial charge in [-0.2, -0.15) is 0 Å². The Morgan fingerprint density at radius 1 is 1.04 bits per heavy atom. The number of fused-ring (bicyclic) bond motifs is 1. The first-order valence-electron chi connectivity index (χ1n) is 7.86. The van der Waals surface area contributed by atoms with Gasteiger partial charge in [-0.05, 0) is 13.8 Å². The van der Waals surface area contributed by atoms with Crippen molar-refractivity contribution in [2.24, 2.45) is 0 Å². The quantitative estimate of drug-likeness (QED) is 0.796. The number of nitrogens with zero attached hydrogens (tertiary/aromatic N) is 1. The van der Waals surface area contributed by atoms with Crippen molar-refractivity contribution in [1.82, 2.24) is 4.90 Å². The van der Waals surface area contributed by atoms with Crippen molar-refractivity contribution in [2.45, 2.75) is 25.7 Å². The van der Waals surface area contributed by atoms with Gasteiger partial charge >= 0.3 is 0 Å². The van der Waals surface area contributed by atoms with E-state index in [1.54, 1.807) is 44.6 Å². The molecule has 0 unspecified atom stereocenters. The van der Waals surface area contributed by atoms with Crippen LogP contribution in [0.3, 0.4) is 0 Å². The van der Waals surface area contributed by atoms with Gasteiger partial charge in [-0.25, -0.2) is 0 Å². The highest BCUT2D eigenvalue weighted by molar-refractivity contribution is 6.27. The van der Waals surface area contributed by atoms with E-state index in [2.05, 4.69) is 0 Å². The number of hydrogen-bond acceptors (Lipinski definition) is 5. The molecule has 0 saturated heterocycles. The molecule has 1 aromatic rings. The summed E-state index contributed by atoms with van der Waals surface area (Å²) in [5.74, 6) is -0.257. The van der Waals surface area contributed by atoms with Gasteiger partial charge in [0.25, 0.3) is 0 Å². The highest BCUT2D eigenvalue weighted by atomic mass is 16.7. The van der Waals surface area contributed by atoms with E-state index in [4.69, 9.17) is 9.47 Å². The SMILES string of the molecule is COC(CN1C2=C(C=CC1(C)C)C(=O)c1ccccc1C2=O)OC. The molecule has 3 rings (SSSR count). The van der Waals surface area contributed by atoms with Crippen molar-refractivity contribution < 1.29 is 19.1 Å². The van der Waals surface area contributed by atoms with Gasteiger partial charge in [-0.3, -0.25) is 9.59 Å². The zero-order valence-electron chi connectivity index (χ0n) is 14.3. The Labute approximate surface area is 141 Å². The van der Waals surface area contributed by atoms with Gasteiger partial charge in [-0.15, -0.1) is 0 Å². The molecule has 1 aliphatic carbocycles. The molecular weight excluding hydrogens is 306 g/mol. The van der Waals surface area contributed by atoms with E-state index in [1.165, 1.54) is 0 Å². The standard InChI is InChI=1S/C19H21NO4/c1-19(2)10-9-14-16(20(19)11-15(23-3)24-4)18(22)13-8-6-5-7-12(13)17(14)21/h5-10,15H,11H2,1-4H3. The van der Waals surface area contributed by atoms with Crippen molar-refractivity contribution in [3.05, 3.63) is 58.8 Å². The van der Waals surface area contributed by atoms with Crippen LogP contribution in [0.15, 0.2) is 47.7 Å². The van der Waals surface area contributed by atoms with Crippen molar-refractivity contribution in [3.8, 4) is 0 Å². The second kappa shape index (κ2) is 6.00.